The summed E-state index contributed by atoms with van der Waals surface area (Å²) in [5, 5.41) is 5.71. The second-order valence-corrected chi connectivity index (χ2v) is 7.87. The van der Waals surface area contributed by atoms with Crippen molar-refractivity contribution in [3.63, 3.8) is 0 Å². The molecule has 0 spiro atoms. The molecule has 0 rings (SSSR count). The lowest BCUT2D eigenvalue weighted by Gasteiger charge is -2.06. The van der Waals surface area contributed by atoms with E-state index in [1.54, 1.807) is 0 Å². The monoisotopic (exact) mass is 362 g/mol. The molecule has 0 aliphatic carbocycles. The molecule has 0 radical (unpaired) electrons. The fraction of sp³-hybridized carbons (Fsp3) is 0.824. The Morgan fingerprint density at radius 3 is 1.96 bits per heavy atom. The summed E-state index contributed by atoms with van der Waals surface area (Å²) in [6.45, 7) is 3.59. The van der Waals surface area contributed by atoms with Gasteiger partial charge in [-0.1, -0.05) is 38.3 Å². The molecule has 0 bridgehead atoms. The number of hydrogen-bond donors (Lipinski definition) is 4. The third kappa shape index (κ3) is 19.2. The van der Waals surface area contributed by atoms with Crippen LogP contribution >= 0.6 is 7.60 Å². The fourth-order valence-corrected chi connectivity index (χ4v) is 2.86. The average molecular weight is 362 g/mol. The van der Waals surface area contributed by atoms with Crippen molar-refractivity contribution in [2.24, 2.45) is 0 Å². The molecule has 0 saturated heterocycles. The zero-order valence-corrected chi connectivity index (χ0v) is 15.9. The molecular weight excluding hydrogens is 327 g/mol. The molecule has 0 saturated carbocycles. The van der Waals surface area contributed by atoms with Gasteiger partial charge in [0, 0.05) is 19.3 Å². The summed E-state index contributed by atoms with van der Waals surface area (Å²) in [6, 6.07) is -0.0723. The van der Waals surface area contributed by atoms with Gasteiger partial charge in [0.25, 0.3) is 0 Å². The Labute approximate surface area is 146 Å². The van der Waals surface area contributed by atoms with Crippen LogP contribution in [0.25, 0.3) is 0 Å². The van der Waals surface area contributed by atoms with Crippen LogP contribution in [0.15, 0.2) is 12.2 Å². The van der Waals surface area contributed by atoms with Crippen molar-refractivity contribution >= 4 is 13.6 Å². The molecular formula is C17H35N2O4P. The minimum atomic E-state index is -3.81. The first-order chi connectivity index (χ1) is 11.5. The number of hydrogen-bond acceptors (Lipinski definition) is 2. The van der Waals surface area contributed by atoms with Crippen molar-refractivity contribution in [1.29, 1.82) is 0 Å². The third-order valence-corrected chi connectivity index (χ3v) is 4.53. The smallest absolute Gasteiger partial charge is 0.325 e. The summed E-state index contributed by atoms with van der Waals surface area (Å²) in [7, 11) is -3.81. The molecule has 0 unspecified atom stereocenters. The van der Waals surface area contributed by atoms with Crippen LogP contribution in [0.3, 0.4) is 0 Å². The van der Waals surface area contributed by atoms with Crippen LogP contribution in [0.5, 0.6) is 0 Å². The molecule has 0 aromatic rings. The van der Waals surface area contributed by atoms with Gasteiger partial charge in [-0.2, -0.15) is 0 Å². The van der Waals surface area contributed by atoms with Crippen molar-refractivity contribution in [2.75, 3.05) is 19.3 Å². The molecule has 0 fully saturated rings. The predicted molar refractivity (Wildman–Crippen MR) is 99.3 cm³/mol. The molecule has 7 heteroatoms. The Kier molecular flexibility index (Phi) is 15.1. The van der Waals surface area contributed by atoms with Crippen LogP contribution in [0, 0.1) is 0 Å². The van der Waals surface area contributed by atoms with E-state index in [1.165, 1.54) is 0 Å². The van der Waals surface area contributed by atoms with E-state index >= 15 is 0 Å². The lowest BCUT2D eigenvalue weighted by Crippen LogP contribution is -2.36. The van der Waals surface area contributed by atoms with Crippen molar-refractivity contribution in [3.8, 4) is 0 Å². The number of carbonyl (C=O) groups excluding carboxylic acids is 1. The number of urea groups is 1. The molecule has 0 aliphatic heterocycles. The van der Waals surface area contributed by atoms with E-state index in [2.05, 4.69) is 29.7 Å². The molecule has 0 aliphatic rings. The zero-order chi connectivity index (χ0) is 18.1. The lowest BCUT2D eigenvalue weighted by atomic mass is 10.1. The Morgan fingerprint density at radius 2 is 1.42 bits per heavy atom. The molecule has 142 valence electrons. The topological polar surface area (TPSA) is 98.7 Å². The lowest BCUT2D eigenvalue weighted by molar-refractivity contribution is 0.240. The Balaban J connectivity index is 3.29. The highest BCUT2D eigenvalue weighted by Gasteiger charge is 2.10. The van der Waals surface area contributed by atoms with E-state index in [9.17, 15) is 9.36 Å². The van der Waals surface area contributed by atoms with E-state index in [-0.39, 0.29) is 12.2 Å². The summed E-state index contributed by atoms with van der Waals surface area (Å²) in [4.78, 5) is 28.9. The molecule has 0 aromatic carbocycles. The van der Waals surface area contributed by atoms with Gasteiger partial charge in [-0.05, 0) is 44.9 Å². The summed E-state index contributed by atoms with van der Waals surface area (Å²) in [5.41, 5.74) is 0. The maximum atomic E-state index is 11.4. The number of unbranched alkanes of at least 4 members (excludes halogenated alkanes) is 7. The first-order valence-electron chi connectivity index (χ1n) is 9.17. The van der Waals surface area contributed by atoms with Gasteiger partial charge >= 0.3 is 13.6 Å². The van der Waals surface area contributed by atoms with E-state index < -0.39 is 7.60 Å². The summed E-state index contributed by atoms with van der Waals surface area (Å²) < 4.78 is 10.7. The quantitative estimate of drug-likeness (QED) is 0.201. The molecule has 0 aromatic heterocycles. The maximum absolute atomic E-state index is 11.4. The molecule has 2 amide bonds. The first-order valence-corrected chi connectivity index (χ1v) is 11.0. The number of allylic oxidation sites excluding steroid dienone is 2. The first kappa shape index (κ1) is 23.2. The summed E-state index contributed by atoms with van der Waals surface area (Å²) >= 11 is 0. The predicted octanol–water partition coefficient (Wildman–Crippen LogP) is 3.94. The van der Waals surface area contributed by atoms with Crippen molar-refractivity contribution in [2.45, 2.75) is 71.1 Å². The third-order valence-electron chi connectivity index (χ3n) is 3.64. The molecule has 24 heavy (non-hydrogen) atoms. The van der Waals surface area contributed by atoms with Gasteiger partial charge in [-0.25, -0.2) is 4.79 Å². The van der Waals surface area contributed by atoms with Crippen LogP contribution in [0.2, 0.25) is 0 Å². The Hall–Kier alpha value is -0.840. The van der Waals surface area contributed by atoms with Gasteiger partial charge in [-0.3, -0.25) is 4.57 Å². The molecule has 0 heterocycles. The minimum absolute atomic E-state index is 0.00407. The highest BCUT2D eigenvalue weighted by atomic mass is 31.2. The van der Waals surface area contributed by atoms with Gasteiger partial charge in [0.15, 0.2) is 0 Å². The largest absolute Gasteiger partial charge is 0.338 e. The minimum Gasteiger partial charge on any atom is -0.338 e. The van der Waals surface area contributed by atoms with Crippen LogP contribution < -0.4 is 10.6 Å². The second-order valence-electron chi connectivity index (χ2n) is 6.09. The average Bonchev–Trinajstić information content (AvgIpc) is 2.51. The van der Waals surface area contributed by atoms with Crippen LogP contribution in [0.1, 0.15) is 71.1 Å². The van der Waals surface area contributed by atoms with Gasteiger partial charge < -0.3 is 20.4 Å². The fourth-order valence-electron chi connectivity index (χ4n) is 2.22. The van der Waals surface area contributed by atoms with Crippen LogP contribution in [-0.2, 0) is 4.57 Å². The zero-order valence-electron chi connectivity index (χ0n) is 15.0. The second kappa shape index (κ2) is 15.7. The van der Waals surface area contributed by atoms with Crippen molar-refractivity contribution in [1.82, 2.24) is 10.6 Å². The molecule has 4 N–H and O–H groups in total. The Bertz CT molecular complexity index is 383. The van der Waals surface area contributed by atoms with E-state index in [0.29, 0.717) is 13.0 Å². The summed E-state index contributed by atoms with van der Waals surface area (Å²) in [6.07, 6.45) is 14.0. The number of amides is 2. The highest BCUT2D eigenvalue weighted by Crippen LogP contribution is 2.35. The van der Waals surface area contributed by atoms with Crippen LogP contribution in [-0.4, -0.2) is 35.1 Å². The summed E-state index contributed by atoms with van der Waals surface area (Å²) in [5.74, 6) is 0. The van der Waals surface area contributed by atoms with E-state index in [1.807, 2.05) is 0 Å². The molecule has 6 nitrogen and oxygen atoms in total. The maximum Gasteiger partial charge on any atom is 0.325 e. The van der Waals surface area contributed by atoms with E-state index in [0.717, 1.165) is 64.3 Å². The van der Waals surface area contributed by atoms with Gasteiger partial charge in [0.2, 0.25) is 0 Å². The number of carbonyl (C=O) groups is 1. The van der Waals surface area contributed by atoms with Gasteiger partial charge in [0.05, 0.1) is 0 Å². The van der Waals surface area contributed by atoms with E-state index in [4.69, 9.17) is 9.79 Å². The standard InChI is InChI=1S/C17H35N2O4P/c1-2-3-11-14-18-17(20)19-15-12-9-7-5-4-6-8-10-13-16-24(21,22)23/h4-5H,2-3,6-16H2,1H3,(H2,18,19,20)(H2,21,22,23)/b5-4+. The van der Waals surface area contributed by atoms with Gasteiger partial charge in [0.1, 0.15) is 0 Å². The Morgan fingerprint density at radius 1 is 0.875 bits per heavy atom. The normalized spacial score (nSPS) is 11.8. The van der Waals surface area contributed by atoms with Crippen molar-refractivity contribution < 1.29 is 19.1 Å². The number of nitrogens with one attached hydrogen (secondary N) is 2. The van der Waals surface area contributed by atoms with Gasteiger partial charge in [-0.15, -0.1) is 0 Å². The highest BCUT2D eigenvalue weighted by molar-refractivity contribution is 7.51. The SMILES string of the molecule is CCCCCNC(=O)NCCCC/C=C/CCCCCP(=O)(O)O. The van der Waals surface area contributed by atoms with Crippen LogP contribution in [0.4, 0.5) is 4.79 Å². The number of rotatable bonds is 15. The molecule has 0 atom stereocenters. The van der Waals surface area contributed by atoms with Crippen molar-refractivity contribution in [3.05, 3.63) is 12.2 Å².